The van der Waals surface area contributed by atoms with E-state index >= 15 is 0 Å². The van der Waals surface area contributed by atoms with Crippen LogP contribution in [0.25, 0.3) is 11.0 Å². The van der Waals surface area contributed by atoms with E-state index in [1.807, 2.05) is 32.2 Å². The molecule has 0 amide bonds. The van der Waals surface area contributed by atoms with E-state index in [9.17, 15) is 5.11 Å². The highest BCUT2D eigenvalue weighted by atomic mass is 16.3. The van der Waals surface area contributed by atoms with Crippen molar-refractivity contribution in [2.45, 2.75) is 12.5 Å². The van der Waals surface area contributed by atoms with Crippen LogP contribution in [0, 0.1) is 0 Å². The fraction of sp³-hybridized carbons (Fsp3) is 0.417. The molecule has 4 heteroatoms. The van der Waals surface area contributed by atoms with Crippen molar-refractivity contribution in [2.24, 2.45) is 7.05 Å². The third-order valence-corrected chi connectivity index (χ3v) is 3.11. The Morgan fingerprint density at radius 3 is 2.62 bits per heavy atom. The minimum Gasteiger partial charge on any atom is -0.386 e. The molecule has 1 N–H and O–H groups in total. The van der Waals surface area contributed by atoms with Crippen molar-refractivity contribution in [1.29, 1.82) is 0 Å². The zero-order valence-corrected chi connectivity index (χ0v) is 9.51. The van der Waals surface area contributed by atoms with Crippen LogP contribution in [0.4, 0.5) is 5.95 Å². The van der Waals surface area contributed by atoms with Crippen LogP contribution in [0.5, 0.6) is 0 Å². The molecule has 1 fully saturated rings. The summed E-state index contributed by atoms with van der Waals surface area (Å²) in [5.41, 5.74) is 1.58. The van der Waals surface area contributed by atoms with Gasteiger partial charge in [0, 0.05) is 7.05 Å². The maximum Gasteiger partial charge on any atom is 0.206 e. The van der Waals surface area contributed by atoms with Gasteiger partial charge in [-0.05, 0) is 19.1 Å². The SMILES string of the molecule is Cn1c(N2CC(C)(O)C2)nc2ccccc21. The van der Waals surface area contributed by atoms with E-state index < -0.39 is 5.60 Å². The van der Waals surface area contributed by atoms with E-state index in [1.165, 1.54) is 0 Å². The van der Waals surface area contributed by atoms with Crippen LogP contribution in [0.3, 0.4) is 0 Å². The molecule has 1 aromatic carbocycles. The average molecular weight is 217 g/mol. The van der Waals surface area contributed by atoms with Gasteiger partial charge in [0.25, 0.3) is 0 Å². The molecule has 1 aliphatic heterocycles. The fourth-order valence-corrected chi connectivity index (χ4v) is 2.33. The van der Waals surface area contributed by atoms with Gasteiger partial charge in [0.15, 0.2) is 0 Å². The van der Waals surface area contributed by atoms with E-state index in [4.69, 9.17) is 0 Å². The molecule has 0 radical (unpaired) electrons. The second kappa shape index (κ2) is 2.98. The largest absolute Gasteiger partial charge is 0.386 e. The first kappa shape index (κ1) is 9.66. The van der Waals surface area contributed by atoms with Crippen molar-refractivity contribution in [2.75, 3.05) is 18.0 Å². The number of fused-ring (bicyclic) bond motifs is 1. The standard InChI is InChI=1S/C12H15N3O/c1-12(16)7-15(8-12)11-13-9-5-3-4-6-10(9)14(11)2/h3-6,16H,7-8H2,1-2H3. The Labute approximate surface area is 94.1 Å². The number of aryl methyl sites for hydroxylation is 1. The first-order chi connectivity index (χ1) is 7.57. The molecular formula is C12H15N3O. The van der Waals surface area contributed by atoms with Crippen molar-refractivity contribution in [3.8, 4) is 0 Å². The maximum absolute atomic E-state index is 9.73. The number of β-amino-alcohol motifs (C(OH)–C–C–N with tert-alkyl or cyclic N) is 1. The van der Waals surface area contributed by atoms with Crippen molar-refractivity contribution >= 4 is 17.0 Å². The summed E-state index contributed by atoms with van der Waals surface area (Å²) in [5, 5.41) is 9.73. The molecule has 2 heterocycles. The minimum absolute atomic E-state index is 0.557. The third kappa shape index (κ3) is 1.30. The van der Waals surface area contributed by atoms with Crippen molar-refractivity contribution < 1.29 is 5.11 Å². The van der Waals surface area contributed by atoms with E-state index in [0.717, 1.165) is 17.0 Å². The number of anilines is 1. The highest BCUT2D eigenvalue weighted by Crippen LogP contribution is 2.28. The Bertz CT molecular complexity index is 536. The van der Waals surface area contributed by atoms with Gasteiger partial charge in [-0.1, -0.05) is 12.1 Å². The number of aliphatic hydroxyl groups is 1. The zero-order valence-electron chi connectivity index (χ0n) is 9.51. The van der Waals surface area contributed by atoms with Gasteiger partial charge in [0.1, 0.15) is 0 Å². The van der Waals surface area contributed by atoms with Crippen LogP contribution in [-0.4, -0.2) is 33.3 Å². The predicted octanol–water partition coefficient (Wildman–Crippen LogP) is 1.14. The second-order valence-corrected chi connectivity index (χ2v) is 4.81. The fourth-order valence-electron chi connectivity index (χ4n) is 2.33. The normalized spacial score (nSPS) is 18.8. The highest BCUT2D eigenvalue weighted by Gasteiger charge is 2.38. The number of hydrogen-bond donors (Lipinski definition) is 1. The van der Waals surface area contributed by atoms with Crippen LogP contribution < -0.4 is 4.90 Å². The molecule has 1 saturated heterocycles. The Balaban J connectivity index is 2.02. The molecule has 3 rings (SSSR count). The summed E-state index contributed by atoms with van der Waals surface area (Å²) in [5.74, 6) is 0.938. The van der Waals surface area contributed by atoms with Gasteiger partial charge in [-0.2, -0.15) is 0 Å². The molecule has 1 aliphatic rings. The summed E-state index contributed by atoms with van der Waals surface area (Å²) in [4.78, 5) is 6.67. The van der Waals surface area contributed by atoms with Crippen molar-refractivity contribution in [1.82, 2.24) is 9.55 Å². The summed E-state index contributed by atoms with van der Waals surface area (Å²) < 4.78 is 2.07. The lowest BCUT2D eigenvalue weighted by Crippen LogP contribution is -2.60. The number of nitrogens with zero attached hydrogens (tertiary/aromatic N) is 3. The Hall–Kier alpha value is -1.55. The van der Waals surface area contributed by atoms with Gasteiger partial charge in [-0.3, -0.25) is 0 Å². The summed E-state index contributed by atoms with van der Waals surface area (Å²) >= 11 is 0. The third-order valence-electron chi connectivity index (χ3n) is 3.11. The first-order valence-electron chi connectivity index (χ1n) is 5.46. The number of aromatic nitrogens is 2. The molecule has 84 valence electrons. The van der Waals surface area contributed by atoms with E-state index in [1.54, 1.807) is 0 Å². The molecule has 0 atom stereocenters. The van der Waals surface area contributed by atoms with Crippen molar-refractivity contribution in [3.63, 3.8) is 0 Å². The molecular weight excluding hydrogens is 202 g/mol. The molecule has 2 aromatic rings. The van der Waals surface area contributed by atoms with Gasteiger partial charge >= 0.3 is 0 Å². The molecule has 0 unspecified atom stereocenters. The number of benzene rings is 1. The van der Waals surface area contributed by atoms with E-state index in [-0.39, 0.29) is 0 Å². The molecule has 0 aliphatic carbocycles. The Morgan fingerprint density at radius 2 is 2.00 bits per heavy atom. The van der Waals surface area contributed by atoms with E-state index in [0.29, 0.717) is 13.1 Å². The van der Waals surface area contributed by atoms with Gasteiger partial charge < -0.3 is 14.6 Å². The smallest absolute Gasteiger partial charge is 0.206 e. The Morgan fingerprint density at radius 1 is 1.31 bits per heavy atom. The number of hydrogen-bond acceptors (Lipinski definition) is 3. The molecule has 1 aromatic heterocycles. The zero-order chi connectivity index (χ0) is 11.3. The second-order valence-electron chi connectivity index (χ2n) is 4.81. The summed E-state index contributed by atoms with van der Waals surface area (Å²) in [6.07, 6.45) is 0. The lowest BCUT2D eigenvalue weighted by Gasteiger charge is -2.44. The topological polar surface area (TPSA) is 41.3 Å². The minimum atomic E-state index is -0.557. The lowest BCUT2D eigenvalue weighted by atomic mass is 9.98. The highest BCUT2D eigenvalue weighted by molar-refractivity contribution is 5.78. The maximum atomic E-state index is 9.73. The first-order valence-corrected chi connectivity index (χ1v) is 5.46. The quantitative estimate of drug-likeness (QED) is 0.779. The molecule has 16 heavy (non-hydrogen) atoms. The summed E-state index contributed by atoms with van der Waals surface area (Å²) in [6.45, 7) is 3.17. The van der Waals surface area contributed by atoms with Gasteiger partial charge in [0.05, 0.1) is 29.7 Å². The molecule has 0 spiro atoms. The monoisotopic (exact) mass is 217 g/mol. The van der Waals surface area contributed by atoms with Gasteiger partial charge in [0.2, 0.25) is 5.95 Å². The molecule has 0 bridgehead atoms. The van der Waals surface area contributed by atoms with E-state index in [2.05, 4.69) is 20.5 Å². The summed E-state index contributed by atoms with van der Waals surface area (Å²) in [7, 11) is 2.01. The van der Waals surface area contributed by atoms with Crippen LogP contribution in [-0.2, 0) is 7.05 Å². The molecule has 4 nitrogen and oxygen atoms in total. The summed E-state index contributed by atoms with van der Waals surface area (Å²) in [6, 6.07) is 8.08. The Kier molecular flexibility index (Phi) is 1.80. The van der Waals surface area contributed by atoms with Gasteiger partial charge in [-0.25, -0.2) is 4.98 Å². The van der Waals surface area contributed by atoms with Gasteiger partial charge in [-0.15, -0.1) is 0 Å². The average Bonchev–Trinajstić information content (AvgIpc) is 2.53. The van der Waals surface area contributed by atoms with Crippen LogP contribution in [0.2, 0.25) is 0 Å². The lowest BCUT2D eigenvalue weighted by molar-refractivity contribution is 0.0297. The van der Waals surface area contributed by atoms with Crippen molar-refractivity contribution in [3.05, 3.63) is 24.3 Å². The number of imidazole rings is 1. The molecule has 0 saturated carbocycles. The van der Waals surface area contributed by atoms with Crippen LogP contribution >= 0.6 is 0 Å². The number of rotatable bonds is 1. The van der Waals surface area contributed by atoms with Crippen LogP contribution in [0.15, 0.2) is 24.3 Å². The van der Waals surface area contributed by atoms with Crippen LogP contribution in [0.1, 0.15) is 6.92 Å². The predicted molar refractivity (Wildman–Crippen MR) is 63.6 cm³/mol. The number of para-hydroxylation sites is 2.